The monoisotopic (exact) mass is 266 g/mol. The summed E-state index contributed by atoms with van der Waals surface area (Å²) in [5.41, 5.74) is 0. The Balaban J connectivity index is 1.51. The third-order valence-corrected chi connectivity index (χ3v) is 4.60. The number of amides is 1. The minimum Gasteiger partial charge on any atom is -0.364 e. The van der Waals surface area contributed by atoms with Crippen LogP contribution in [0.1, 0.15) is 17.7 Å². The van der Waals surface area contributed by atoms with Crippen molar-refractivity contribution in [3.8, 4) is 0 Å². The molecule has 2 aliphatic rings. The van der Waals surface area contributed by atoms with Crippen LogP contribution < -0.4 is 10.6 Å². The number of fused-ring (bicyclic) bond motifs is 1. The van der Waals surface area contributed by atoms with Crippen molar-refractivity contribution in [2.24, 2.45) is 5.92 Å². The summed E-state index contributed by atoms with van der Waals surface area (Å²) in [7, 11) is 0. The molecule has 0 radical (unpaired) electrons. The molecule has 1 aromatic heterocycles. The van der Waals surface area contributed by atoms with Crippen LogP contribution in [0.15, 0.2) is 17.5 Å². The van der Waals surface area contributed by atoms with Gasteiger partial charge in [0.2, 0.25) is 5.91 Å². The van der Waals surface area contributed by atoms with E-state index in [0.717, 1.165) is 25.9 Å². The molecule has 3 heterocycles. The molecule has 2 saturated heterocycles. The van der Waals surface area contributed by atoms with Crippen LogP contribution in [0.3, 0.4) is 0 Å². The fourth-order valence-electron chi connectivity index (χ4n) is 2.72. The summed E-state index contributed by atoms with van der Waals surface area (Å²) in [4.78, 5) is 13.2. The van der Waals surface area contributed by atoms with Gasteiger partial charge in [-0.25, -0.2) is 0 Å². The number of hydrogen-bond acceptors (Lipinski definition) is 4. The second-order valence-corrected chi connectivity index (χ2v) is 5.98. The van der Waals surface area contributed by atoms with E-state index in [9.17, 15) is 4.79 Å². The van der Waals surface area contributed by atoms with Crippen molar-refractivity contribution in [1.29, 1.82) is 0 Å². The van der Waals surface area contributed by atoms with Gasteiger partial charge in [-0.3, -0.25) is 4.79 Å². The van der Waals surface area contributed by atoms with Gasteiger partial charge in [-0.2, -0.15) is 0 Å². The summed E-state index contributed by atoms with van der Waals surface area (Å²) in [6.07, 6.45) is 1.98. The average Bonchev–Trinajstić information content (AvgIpc) is 3.04. The summed E-state index contributed by atoms with van der Waals surface area (Å²) >= 11 is 1.66. The first-order valence-corrected chi connectivity index (χ1v) is 7.37. The normalized spacial score (nSPS) is 31.0. The van der Waals surface area contributed by atoms with Crippen molar-refractivity contribution in [3.63, 3.8) is 0 Å². The van der Waals surface area contributed by atoms with Crippen molar-refractivity contribution in [2.45, 2.75) is 31.6 Å². The molecule has 18 heavy (non-hydrogen) atoms. The number of ether oxygens (including phenoxy) is 1. The molecule has 0 saturated carbocycles. The Labute approximate surface area is 111 Å². The Hall–Kier alpha value is -0.910. The number of rotatable bonds is 3. The van der Waals surface area contributed by atoms with Gasteiger partial charge in [0, 0.05) is 11.4 Å². The largest absolute Gasteiger partial charge is 0.364 e. The number of thiophene rings is 1. The predicted molar refractivity (Wildman–Crippen MR) is 70.4 cm³/mol. The van der Waals surface area contributed by atoms with E-state index in [4.69, 9.17) is 4.74 Å². The van der Waals surface area contributed by atoms with Crippen LogP contribution in [0.25, 0.3) is 0 Å². The maximum atomic E-state index is 12.0. The molecular weight excluding hydrogens is 248 g/mol. The summed E-state index contributed by atoms with van der Waals surface area (Å²) in [5, 5.41) is 8.30. The smallest absolute Gasteiger partial charge is 0.249 e. The summed E-state index contributed by atoms with van der Waals surface area (Å²) in [6, 6.07) is 4.03. The molecule has 3 atom stereocenters. The van der Waals surface area contributed by atoms with E-state index < -0.39 is 0 Å². The summed E-state index contributed by atoms with van der Waals surface area (Å²) in [6.45, 7) is 2.55. The lowest BCUT2D eigenvalue weighted by Crippen LogP contribution is -2.39. The van der Waals surface area contributed by atoms with Gasteiger partial charge in [0.1, 0.15) is 6.10 Å². The topological polar surface area (TPSA) is 50.4 Å². The lowest BCUT2D eigenvalue weighted by atomic mass is 9.93. The predicted octanol–water partition coefficient (Wildman–Crippen LogP) is 1.13. The fraction of sp³-hybridized carbons (Fsp3) is 0.615. The zero-order chi connectivity index (χ0) is 12.4. The molecule has 2 N–H and O–H groups in total. The van der Waals surface area contributed by atoms with E-state index in [0.29, 0.717) is 12.5 Å². The Morgan fingerprint density at radius 2 is 2.56 bits per heavy atom. The second kappa shape index (κ2) is 5.38. The third kappa shape index (κ3) is 2.58. The molecule has 5 heteroatoms. The van der Waals surface area contributed by atoms with Crippen molar-refractivity contribution < 1.29 is 9.53 Å². The van der Waals surface area contributed by atoms with E-state index in [1.807, 2.05) is 17.5 Å². The lowest BCUT2D eigenvalue weighted by molar-refractivity contribution is -0.132. The van der Waals surface area contributed by atoms with Crippen molar-refractivity contribution in [1.82, 2.24) is 10.6 Å². The van der Waals surface area contributed by atoms with Crippen molar-refractivity contribution >= 4 is 17.2 Å². The molecule has 4 nitrogen and oxygen atoms in total. The van der Waals surface area contributed by atoms with Gasteiger partial charge < -0.3 is 15.4 Å². The highest BCUT2D eigenvalue weighted by Gasteiger charge is 2.39. The highest BCUT2D eigenvalue weighted by atomic mass is 32.1. The number of nitrogens with one attached hydrogen (secondary N) is 2. The molecule has 0 bridgehead atoms. The number of carbonyl (C=O) groups excluding carboxylic acids is 1. The highest BCUT2D eigenvalue weighted by molar-refractivity contribution is 7.09. The lowest BCUT2D eigenvalue weighted by Gasteiger charge is -2.24. The van der Waals surface area contributed by atoms with E-state index in [1.165, 1.54) is 4.88 Å². The van der Waals surface area contributed by atoms with Crippen LogP contribution in [0.4, 0.5) is 0 Å². The SMILES string of the molecule is O=C(NCc1cccs1)[C@H]1C[C@@H]2CCNC[C@H]2O1. The zero-order valence-corrected chi connectivity index (χ0v) is 11.0. The molecule has 1 amide bonds. The fourth-order valence-corrected chi connectivity index (χ4v) is 3.37. The van der Waals surface area contributed by atoms with Crippen LogP contribution in [-0.4, -0.2) is 31.2 Å². The van der Waals surface area contributed by atoms with Gasteiger partial charge in [-0.1, -0.05) is 6.07 Å². The Morgan fingerprint density at radius 1 is 1.61 bits per heavy atom. The molecule has 3 rings (SSSR count). The number of carbonyl (C=O) groups is 1. The first kappa shape index (κ1) is 12.1. The van der Waals surface area contributed by atoms with Crippen LogP contribution in [0, 0.1) is 5.92 Å². The minimum atomic E-state index is -0.250. The van der Waals surface area contributed by atoms with Crippen LogP contribution >= 0.6 is 11.3 Å². The summed E-state index contributed by atoms with van der Waals surface area (Å²) < 4.78 is 5.83. The maximum Gasteiger partial charge on any atom is 0.249 e. The first-order chi connectivity index (χ1) is 8.83. The Morgan fingerprint density at radius 3 is 3.33 bits per heavy atom. The second-order valence-electron chi connectivity index (χ2n) is 4.95. The first-order valence-electron chi connectivity index (χ1n) is 6.49. The Kier molecular flexibility index (Phi) is 3.63. The molecule has 0 aromatic carbocycles. The van der Waals surface area contributed by atoms with E-state index in [2.05, 4.69) is 10.6 Å². The van der Waals surface area contributed by atoms with Gasteiger partial charge >= 0.3 is 0 Å². The minimum absolute atomic E-state index is 0.0396. The zero-order valence-electron chi connectivity index (χ0n) is 10.2. The van der Waals surface area contributed by atoms with Crippen LogP contribution in [-0.2, 0) is 16.1 Å². The van der Waals surface area contributed by atoms with Gasteiger partial charge in [-0.15, -0.1) is 11.3 Å². The molecule has 0 spiro atoms. The van der Waals surface area contributed by atoms with Gasteiger partial charge in [0.15, 0.2) is 0 Å². The molecule has 2 fully saturated rings. The maximum absolute atomic E-state index is 12.0. The summed E-state index contributed by atoms with van der Waals surface area (Å²) in [5.74, 6) is 0.599. The van der Waals surface area contributed by atoms with E-state index in [-0.39, 0.29) is 18.1 Å². The number of hydrogen-bond donors (Lipinski definition) is 2. The van der Waals surface area contributed by atoms with Gasteiger partial charge in [0.25, 0.3) is 0 Å². The number of piperidine rings is 1. The molecule has 98 valence electrons. The quantitative estimate of drug-likeness (QED) is 0.862. The van der Waals surface area contributed by atoms with E-state index in [1.54, 1.807) is 11.3 Å². The van der Waals surface area contributed by atoms with Gasteiger partial charge in [0.05, 0.1) is 12.6 Å². The molecule has 2 aliphatic heterocycles. The molecule has 0 aliphatic carbocycles. The van der Waals surface area contributed by atoms with Crippen molar-refractivity contribution in [2.75, 3.05) is 13.1 Å². The third-order valence-electron chi connectivity index (χ3n) is 3.73. The molecular formula is C13H18N2O2S. The Bertz CT molecular complexity index is 393. The van der Waals surface area contributed by atoms with E-state index >= 15 is 0 Å². The van der Waals surface area contributed by atoms with Gasteiger partial charge in [-0.05, 0) is 36.8 Å². The molecule has 0 unspecified atom stereocenters. The average molecular weight is 266 g/mol. The van der Waals surface area contributed by atoms with Crippen LogP contribution in [0.2, 0.25) is 0 Å². The van der Waals surface area contributed by atoms with Crippen LogP contribution in [0.5, 0.6) is 0 Å². The molecule has 1 aromatic rings. The van der Waals surface area contributed by atoms with Crippen molar-refractivity contribution in [3.05, 3.63) is 22.4 Å². The standard InChI is InChI=1S/C13H18N2O2S/c16-13(15-7-10-2-1-5-18-10)11-6-9-3-4-14-8-12(9)17-11/h1-2,5,9,11-12,14H,3-4,6-8H2,(H,15,16)/t9-,11+,12+/m0/s1. The highest BCUT2D eigenvalue weighted by Crippen LogP contribution is 2.30.